The van der Waals surface area contributed by atoms with E-state index in [1.165, 1.54) is 44.1 Å². The second-order valence-electron chi connectivity index (χ2n) is 8.79. The van der Waals surface area contributed by atoms with Crippen molar-refractivity contribution in [3.05, 3.63) is 65.7 Å². The lowest BCUT2D eigenvalue weighted by Gasteiger charge is -2.41. The Bertz CT molecular complexity index is 724. The predicted molar refractivity (Wildman–Crippen MR) is 125 cm³/mol. The number of ether oxygens (including phenoxy) is 1. The van der Waals surface area contributed by atoms with Crippen molar-refractivity contribution in [2.45, 2.75) is 69.8 Å². The molecule has 0 amide bonds. The number of unbranched alkanes of at least 4 members (excludes halogenated alkanes) is 3. The normalized spacial score (nSPS) is 18.0. The number of hydrogen-bond donors (Lipinski definition) is 1. The molecule has 1 N–H and O–H groups in total. The maximum Gasteiger partial charge on any atom is 0.118 e. The number of hydrogen-bond acceptors (Lipinski definition) is 3. The molecule has 3 heteroatoms. The van der Waals surface area contributed by atoms with Crippen molar-refractivity contribution >= 4 is 0 Å². The van der Waals surface area contributed by atoms with Crippen molar-refractivity contribution in [1.82, 2.24) is 4.90 Å². The van der Waals surface area contributed by atoms with Gasteiger partial charge in [0.2, 0.25) is 0 Å². The van der Waals surface area contributed by atoms with Gasteiger partial charge in [0.1, 0.15) is 5.75 Å². The van der Waals surface area contributed by atoms with E-state index in [1.54, 1.807) is 7.11 Å². The molecule has 0 unspecified atom stereocenters. The van der Waals surface area contributed by atoms with Crippen LogP contribution in [0.1, 0.15) is 75.3 Å². The molecule has 1 aliphatic rings. The molecule has 1 heterocycles. The standard InChI is InChI=1S/C27H39NO2/c1-3-4-5-10-19-27(29,24-15-17-25(30-2)18-16-24)26(23-13-8-6-9-14-23)22-28-20-11-7-12-21-28/h6,8-9,13-18,26,29H,3-5,7,10-12,19-22H2,1-2H3/t26-,27-/m1/s1. The highest BCUT2D eigenvalue weighted by molar-refractivity contribution is 5.35. The second-order valence-corrected chi connectivity index (χ2v) is 8.79. The summed E-state index contributed by atoms with van der Waals surface area (Å²) < 4.78 is 5.37. The fourth-order valence-electron chi connectivity index (χ4n) is 4.84. The lowest BCUT2D eigenvalue weighted by molar-refractivity contribution is -0.0167. The molecule has 3 rings (SSSR count). The molecule has 164 valence electrons. The van der Waals surface area contributed by atoms with Crippen molar-refractivity contribution < 1.29 is 9.84 Å². The number of nitrogens with zero attached hydrogens (tertiary/aromatic N) is 1. The van der Waals surface area contributed by atoms with E-state index in [9.17, 15) is 5.11 Å². The van der Waals surface area contributed by atoms with Crippen molar-refractivity contribution in [3.63, 3.8) is 0 Å². The van der Waals surface area contributed by atoms with E-state index >= 15 is 0 Å². The molecular weight excluding hydrogens is 370 g/mol. The number of benzene rings is 2. The molecule has 2 atom stereocenters. The van der Waals surface area contributed by atoms with Crippen LogP contribution >= 0.6 is 0 Å². The lowest BCUT2D eigenvalue weighted by Crippen LogP contribution is -2.42. The van der Waals surface area contributed by atoms with Crippen molar-refractivity contribution in [2.75, 3.05) is 26.7 Å². The van der Waals surface area contributed by atoms with Gasteiger partial charge < -0.3 is 14.7 Å². The molecule has 1 aliphatic heterocycles. The van der Waals surface area contributed by atoms with E-state index in [2.05, 4.69) is 54.3 Å². The first kappa shape index (κ1) is 22.8. The van der Waals surface area contributed by atoms with Crippen LogP contribution in [0.5, 0.6) is 5.75 Å². The summed E-state index contributed by atoms with van der Waals surface area (Å²) in [4.78, 5) is 2.56. The monoisotopic (exact) mass is 409 g/mol. The molecule has 3 nitrogen and oxygen atoms in total. The highest BCUT2D eigenvalue weighted by atomic mass is 16.5. The van der Waals surface area contributed by atoms with Crippen LogP contribution in [0.3, 0.4) is 0 Å². The van der Waals surface area contributed by atoms with Gasteiger partial charge in [0.25, 0.3) is 0 Å². The van der Waals surface area contributed by atoms with Gasteiger partial charge >= 0.3 is 0 Å². The Balaban J connectivity index is 1.95. The van der Waals surface area contributed by atoms with Gasteiger partial charge in [-0.3, -0.25) is 0 Å². The van der Waals surface area contributed by atoms with Crippen LogP contribution < -0.4 is 4.74 Å². The minimum absolute atomic E-state index is 0.0480. The lowest BCUT2D eigenvalue weighted by atomic mass is 9.73. The molecule has 0 spiro atoms. The summed E-state index contributed by atoms with van der Waals surface area (Å²) in [7, 11) is 1.69. The molecule has 30 heavy (non-hydrogen) atoms. The van der Waals surface area contributed by atoms with Crippen molar-refractivity contribution in [3.8, 4) is 5.75 Å². The van der Waals surface area contributed by atoms with Crippen LogP contribution in [-0.2, 0) is 5.60 Å². The van der Waals surface area contributed by atoms with Crippen LogP contribution in [-0.4, -0.2) is 36.8 Å². The molecule has 0 bridgehead atoms. The first-order valence-electron chi connectivity index (χ1n) is 11.8. The second kappa shape index (κ2) is 11.5. The van der Waals surface area contributed by atoms with Gasteiger partial charge in [-0.05, 0) is 55.6 Å². The number of rotatable bonds is 11. The van der Waals surface area contributed by atoms with Gasteiger partial charge in [-0.1, -0.05) is 81.5 Å². The molecule has 0 aromatic heterocycles. The fourth-order valence-corrected chi connectivity index (χ4v) is 4.84. The quantitative estimate of drug-likeness (QED) is 0.454. The molecular formula is C27H39NO2. The Morgan fingerprint density at radius 2 is 1.63 bits per heavy atom. The Morgan fingerprint density at radius 1 is 0.933 bits per heavy atom. The van der Waals surface area contributed by atoms with Gasteiger partial charge in [-0.2, -0.15) is 0 Å². The third kappa shape index (κ3) is 5.86. The Hall–Kier alpha value is -1.84. The Labute approximate surface area is 183 Å². The first-order valence-corrected chi connectivity index (χ1v) is 11.8. The highest BCUT2D eigenvalue weighted by Gasteiger charge is 2.40. The topological polar surface area (TPSA) is 32.7 Å². The van der Waals surface area contributed by atoms with Gasteiger partial charge in [-0.25, -0.2) is 0 Å². The fraction of sp³-hybridized carbons (Fsp3) is 0.556. The molecule has 1 fully saturated rings. The molecule has 0 saturated carbocycles. The van der Waals surface area contributed by atoms with E-state index in [-0.39, 0.29) is 5.92 Å². The van der Waals surface area contributed by atoms with Crippen LogP contribution in [0.25, 0.3) is 0 Å². The molecule has 1 saturated heterocycles. The number of aliphatic hydroxyl groups is 1. The summed E-state index contributed by atoms with van der Waals surface area (Å²) in [6.45, 7) is 5.41. The molecule has 2 aromatic carbocycles. The highest BCUT2D eigenvalue weighted by Crippen LogP contribution is 2.42. The van der Waals surface area contributed by atoms with Gasteiger partial charge in [0.05, 0.1) is 12.7 Å². The summed E-state index contributed by atoms with van der Waals surface area (Å²) in [6.07, 6.45) is 9.27. The van der Waals surface area contributed by atoms with E-state index in [4.69, 9.17) is 4.74 Å². The summed E-state index contributed by atoms with van der Waals surface area (Å²) in [6, 6.07) is 18.7. The molecule has 2 aromatic rings. The van der Waals surface area contributed by atoms with Crippen molar-refractivity contribution in [2.24, 2.45) is 0 Å². The van der Waals surface area contributed by atoms with Crippen molar-refractivity contribution in [1.29, 1.82) is 0 Å². The SMILES string of the molecule is CCCCCC[C@@](O)(c1ccc(OC)cc1)[C@H](CN1CCCCC1)c1ccccc1. The summed E-state index contributed by atoms with van der Waals surface area (Å²) >= 11 is 0. The molecule has 0 aliphatic carbocycles. The van der Waals surface area contributed by atoms with Gasteiger partial charge in [-0.15, -0.1) is 0 Å². The zero-order valence-corrected chi connectivity index (χ0v) is 18.9. The predicted octanol–water partition coefficient (Wildman–Crippen LogP) is 6.12. The third-order valence-electron chi connectivity index (χ3n) is 6.67. The van der Waals surface area contributed by atoms with Crippen LogP contribution in [0.4, 0.5) is 0 Å². The van der Waals surface area contributed by atoms with Gasteiger partial charge in [0, 0.05) is 12.5 Å². The Kier molecular flexibility index (Phi) is 8.77. The zero-order valence-electron chi connectivity index (χ0n) is 18.9. The zero-order chi connectivity index (χ0) is 21.2. The average molecular weight is 410 g/mol. The van der Waals surface area contributed by atoms with E-state index < -0.39 is 5.60 Å². The number of likely N-dealkylation sites (tertiary alicyclic amines) is 1. The summed E-state index contributed by atoms with van der Waals surface area (Å²) in [5, 5.41) is 12.3. The maximum atomic E-state index is 12.3. The minimum atomic E-state index is -0.890. The first-order chi connectivity index (χ1) is 14.7. The average Bonchev–Trinajstić information content (AvgIpc) is 2.81. The van der Waals surface area contributed by atoms with Crippen LogP contribution in [0.2, 0.25) is 0 Å². The minimum Gasteiger partial charge on any atom is -0.497 e. The summed E-state index contributed by atoms with van der Waals surface area (Å²) in [5.74, 6) is 0.881. The van der Waals surface area contributed by atoms with Crippen LogP contribution in [0, 0.1) is 0 Å². The number of piperidine rings is 1. The van der Waals surface area contributed by atoms with Gasteiger partial charge in [0.15, 0.2) is 0 Å². The van der Waals surface area contributed by atoms with E-state index in [1.807, 2.05) is 12.1 Å². The van der Waals surface area contributed by atoms with Crippen LogP contribution in [0.15, 0.2) is 54.6 Å². The summed E-state index contributed by atoms with van der Waals surface area (Å²) in [5.41, 5.74) is 1.35. The smallest absolute Gasteiger partial charge is 0.118 e. The third-order valence-corrected chi connectivity index (χ3v) is 6.67. The van der Waals surface area contributed by atoms with E-state index in [0.717, 1.165) is 43.8 Å². The van der Waals surface area contributed by atoms with E-state index in [0.29, 0.717) is 0 Å². The number of methoxy groups -OCH3 is 1. The maximum absolute atomic E-state index is 12.3. The largest absolute Gasteiger partial charge is 0.497 e. The Morgan fingerprint density at radius 3 is 2.27 bits per heavy atom. The molecule has 0 radical (unpaired) electrons.